The summed E-state index contributed by atoms with van der Waals surface area (Å²) in [6, 6.07) is 13.6. The number of benzene rings is 2. The van der Waals surface area contributed by atoms with Crippen molar-refractivity contribution in [1.82, 2.24) is 0 Å². The lowest BCUT2D eigenvalue weighted by molar-refractivity contribution is 0.104. The molecule has 0 saturated carbocycles. The molecule has 0 saturated heterocycles. The number of carbonyl (C=O) groups excluding carboxylic acids is 1. The summed E-state index contributed by atoms with van der Waals surface area (Å²) in [5.74, 6) is 0.550. The molecule has 5 nitrogen and oxygen atoms in total. The molecule has 0 fully saturated rings. The summed E-state index contributed by atoms with van der Waals surface area (Å²) in [6.45, 7) is 0. The minimum Gasteiger partial charge on any atom is -0.497 e. The van der Waals surface area contributed by atoms with Crippen LogP contribution >= 0.6 is 0 Å². The van der Waals surface area contributed by atoms with E-state index in [1.54, 1.807) is 37.5 Å². The number of nitrogens with one attached hydrogen (secondary N) is 1. The Kier molecular flexibility index (Phi) is 5.18. The van der Waals surface area contributed by atoms with E-state index in [0.29, 0.717) is 11.3 Å². The number of hydrogen-bond acceptors (Lipinski definition) is 4. The lowest BCUT2D eigenvalue weighted by atomic mass is 10.1. The zero-order valence-corrected chi connectivity index (χ0v) is 13.6. The number of ketones is 1. The molecule has 0 atom stereocenters. The van der Waals surface area contributed by atoms with Crippen molar-refractivity contribution in [2.24, 2.45) is 0 Å². The highest BCUT2D eigenvalue weighted by molar-refractivity contribution is 7.92. The number of methoxy groups -OCH3 is 1. The molecule has 0 amide bonds. The lowest BCUT2D eigenvalue weighted by Crippen LogP contribution is -2.09. The Labute approximate surface area is 135 Å². The van der Waals surface area contributed by atoms with Gasteiger partial charge in [-0.3, -0.25) is 9.52 Å². The molecule has 0 unspecified atom stereocenters. The van der Waals surface area contributed by atoms with Gasteiger partial charge in [0, 0.05) is 11.3 Å². The number of anilines is 1. The number of sulfonamides is 1. The van der Waals surface area contributed by atoms with E-state index in [9.17, 15) is 13.2 Å². The first-order valence-corrected chi connectivity index (χ1v) is 8.71. The lowest BCUT2D eigenvalue weighted by Gasteiger charge is -2.04. The Morgan fingerprint density at radius 3 is 2.43 bits per heavy atom. The van der Waals surface area contributed by atoms with E-state index in [0.717, 1.165) is 17.6 Å². The van der Waals surface area contributed by atoms with Gasteiger partial charge < -0.3 is 4.74 Å². The van der Waals surface area contributed by atoms with Gasteiger partial charge >= 0.3 is 0 Å². The highest BCUT2D eigenvalue weighted by Crippen LogP contribution is 2.15. The van der Waals surface area contributed by atoms with Crippen LogP contribution in [0.25, 0.3) is 6.08 Å². The van der Waals surface area contributed by atoms with E-state index in [4.69, 9.17) is 4.74 Å². The monoisotopic (exact) mass is 331 g/mol. The maximum Gasteiger partial charge on any atom is 0.229 e. The number of hydrogen-bond donors (Lipinski definition) is 1. The van der Waals surface area contributed by atoms with Crippen LogP contribution in [-0.2, 0) is 10.0 Å². The Bertz CT molecular complexity index is 824. The molecule has 120 valence electrons. The summed E-state index contributed by atoms with van der Waals surface area (Å²) in [4.78, 5) is 12.1. The molecule has 0 radical (unpaired) electrons. The molecule has 0 aromatic heterocycles. The molecule has 0 aliphatic rings. The number of carbonyl (C=O) groups is 1. The quantitative estimate of drug-likeness (QED) is 0.652. The topological polar surface area (TPSA) is 72.5 Å². The molecule has 0 bridgehead atoms. The molecule has 2 aromatic rings. The molecular formula is C17H17NO4S. The standard InChI is InChI=1S/C17H17NO4S/c1-22-16-5-3-4-13(12-16)6-11-17(19)14-7-9-15(10-8-14)18-23(2,20)21/h3-12,18H,1-2H3/b11-6-. The predicted octanol–water partition coefficient (Wildman–Crippen LogP) is 2.96. The first-order chi connectivity index (χ1) is 10.9. The van der Waals surface area contributed by atoms with Crippen molar-refractivity contribution in [3.63, 3.8) is 0 Å². The minimum atomic E-state index is -3.32. The number of rotatable bonds is 6. The first-order valence-electron chi connectivity index (χ1n) is 6.82. The summed E-state index contributed by atoms with van der Waals surface area (Å²) >= 11 is 0. The van der Waals surface area contributed by atoms with Crippen molar-refractivity contribution in [2.75, 3.05) is 18.1 Å². The number of ether oxygens (including phenoxy) is 1. The average molecular weight is 331 g/mol. The van der Waals surface area contributed by atoms with Gasteiger partial charge in [-0.05, 0) is 48.0 Å². The van der Waals surface area contributed by atoms with Crippen molar-refractivity contribution in [3.05, 3.63) is 65.7 Å². The van der Waals surface area contributed by atoms with Gasteiger partial charge in [0.25, 0.3) is 0 Å². The Hall–Kier alpha value is -2.60. The largest absolute Gasteiger partial charge is 0.497 e. The van der Waals surface area contributed by atoms with Gasteiger partial charge in [-0.25, -0.2) is 8.42 Å². The van der Waals surface area contributed by atoms with Gasteiger partial charge in [0.05, 0.1) is 13.4 Å². The van der Waals surface area contributed by atoms with Gasteiger partial charge in [0.2, 0.25) is 10.0 Å². The van der Waals surface area contributed by atoms with E-state index in [1.165, 1.54) is 6.08 Å². The van der Waals surface area contributed by atoms with Crippen LogP contribution < -0.4 is 9.46 Å². The van der Waals surface area contributed by atoms with Gasteiger partial charge in [-0.1, -0.05) is 18.2 Å². The van der Waals surface area contributed by atoms with Crippen LogP contribution in [-0.4, -0.2) is 27.6 Å². The third-order valence-corrected chi connectivity index (χ3v) is 3.60. The average Bonchev–Trinajstić information content (AvgIpc) is 2.52. The van der Waals surface area contributed by atoms with Gasteiger partial charge in [0.15, 0.2) is 5.78 Å². The molecule has 0 aliphatic heterocycles. The summed E-state index contributed by atoms with van der Waals surface area (Å²) in [7, 11) is -1.74. The molecule has 2 aromatic carbocycles. The fourth-order valence-electron chi connectivity index (χ4n) is 1.93. The molecule has 1 N–H and O–H groups in total. The SMILES string of the molecule is COc1cccc(/C=C\C(=O)c2ccc(NS(C)(=O)=O)cc2)c1. The molecular weight excluding hydrogens is 314 g/mol. The second-order valence-electron chi connectivity index (χ2n) is 4.93. The molecule has 6 heteroatoms. The van der Waals surface area contributed by atoms with Gasteiger partial charge in [-0.2, -0.15) is 0 Å². The minimum absolute atomic E-state index is 0.168. The fourth-order valence-corrected chi connectivity index (χ4v) is 2.49. The highest BCUT2D eigenvalue weighted by Gasteiger charge is 2.04. The predicted molar refractivity (Wildman–Crippen MR) is 91.3 cm³/mol. The molecule has 23 heavy (non-hydrogen) atoms. The van der Waals surface area contributed by atoms with E-state index in [1.807, 2.05) is 24.3 Å². The highest BCUT2D eigenvalue weighted by atomic mass is 32.2. The maximum absolute atomic E-state index is 12.1. The van der Waals surface area contributed by atoms with Crippen molar-refractivity contribution in [2.45, 2.75) is 0 Å². The summed E-state index contributed by atoms with van der Waals surface area (Å²) < 4.78 is 29.7. The zero-order valence-electron chi connectivity index (χ0n) is 12.8. The summed E-state index contributed by atoms with van der Waals surface area (Å²) in [5, 5.41) is 0. The van der Waals surface area contributed by atoms with Crippen molar-refractivity contribution < 1.29 is 17.9 Å². The van der Waals surface area contributed by atoms with E-state index >= 15 is 0 Å². The zero-order chi connectivity index (χ0) is 16.9. The molecule has 0 aliphatic carbocycles. The Morgan fingerprint density at radius 2 is 1.83 bits per heavy atom. The van der Waals surface area contributed by atoms with Crippen LogP contribution in [0.3, 0.4) is 0 Å². The summed E-state index contributed by atoms with van der Waals surface area (Å²) in [5.41, 5.74) is 1.75. The third kappa shape index (κ3) is 5.27. The Morgan fingerprint density at radius 1 is 1.13 bits per heavy atom. The second-order valence-corrected chi connectivity index (χ2v) is 6.67. The fraction of sp³-hybridized carbons (Fsp3) is 0.118. The van der Waals surface area contributed by atoms with E-state index in [2.05, 4.69) is 4.72 Å². The molecule has 0 spiro atoms. The summed E-state index contributed by atoms with van der Waals surface area (Å²) in [6.07, 6.45) is 4.24. The van der Waals surface area contributed by atoms with Crippen LogP contribution in [0.15, 0.2) is 54.6 Å². The van der Waals surface area contributed by atoms with Crippen LogP contribution in [0.5, 0.6) is 5.75 Å². The van der Waals surface area contributed by atoms with Gasteiger partial charge in [0.1, 0.15) is 5.75 Å². The normalized spacial score (nSPS) is 11.4. The van der Waals surface area contributed by atoms with E-state index < -0.39 is 10.0 Å². The van der Waals surface area contributed by atoms with Crippen LogP contribution in [0.2, 0.25) is 0 Å². The smallest absolute Gasteiger partial charge is 0.229 e. The maximum atomic E-state index is 12.1. The Balaban J connectivity index is 2.09. The third-order valence-electron chi connectivity index (χ3n) is 2.99. The van der Waals surface area contributed by atoms with Crippen LogP contribution in [0.1, 0.15) is 15.9 Å². The molecule has 0 heterocycles. The van der Waals surface area contributed by atoms with Crippen LogP contribution in [0.4, 0.5) is 5.69 Å². The van der Waals surface area contributed by atoms with Crippen molar-refractivity contribution in [1.29, 1.82) is 0 Å². The number of allylic oxidation sites excluding steroid dienone is 1. The van der Waals surface area contributed by atoms with Crippen LogP contribution in [0, 0.1) is 0 Å². The molecule has 2 rings (SSSR count). The van der Waals surface area contributed by atoms with Crippen molar-refractivity contribution in [3.8, 4) is 5.75 Å². The first kappa shape index (κ1) is 16.8. The second kappa shape index (κ2) is 7.11. The van der Waals surface area contributed by atoms with E-state index in [-0.39, 0.29) is 5.78 Å². The van der Waals surface area contributed by atoms with Crippen molar-refractivity contribution >= 4 is 27.6 Å². The van der Waals surface area contributed by atoms with Gasteiger partial charge in [-0.15, -0.1) is 0 Å².